The third-order valence-corrected chi connectivity index (χ3v) is 3.70. The van der Waals surface area contributed by atoms with Gasteiger partial charge in [-0.25, -0.2) is 4.98 Å². The first-order valence-corrected chi connectivity index (χ1v) is 5.66. The molecule has 0 saturated carbocycles. The Balaban J connectivity index is 2.33. The number of thiazole rings is 1. The highest BCUT2D eigenvalue weighted by Crippen LogP contribution is 2.25. The van der Waals surface area contributed by atoms with Crippen LogP contribution in [0, 0.1) is 6.92 Å². The third kappa shape index (κ3) is 1.92. The Kier molecular flexibility index (Phi) is 2.16. The van der Waals surface area contributed by atoms with Crippen LogP contribution in [0.1, 0.15) is 22.0 Å². The Morgan fingerprint density at radius 1 is 1.38 bits per heavy atom. The monoisotopic (exact) mass is 197 g/mol. The molecule has 0 spiro atoms. The summed E-state index contributed by atoms with van der Waals surface area (Å²) in [5.74, 6) is 0. The molecule has 0 N–H and O–H groups in total. The summed E-state index contributed by atoms with van der Waals surface area (Å²) in [5.41, 5.74) is 1.35. The van der Waals surface area contributed by atoms with Gasteiger partial charge in [-0.15, -0.1) is 11.3 Å². The molecule has 1 aromatic rings. The van der Waals surface area contributed by atoms with Crippen molar-refractivity contribution in [1.82, 2.24) is 4.98 Å². The van der Waals surface area contributed by atoms with Gasteiger partial charge >= 0.3 is 0 Å². The van der Waals surface area contributed by atoms with Crippen LogP contribution in [0.25, 0.3) is 0 Å². The maximum absolute atomic E-state index is 4.61. The topological polar surface area (TPSA) is 12.9 Å². The van der Waals surface area contributed by atoms with Crippen LogP contribution >= 0.6 is 11.3 Å². The van der Waals surface area contributed by atoms with E-state index >= 15 is 0 Å². The summed E-state index contributed by atoms with van der Waals surface area (Å²) in [4.78, 5) is 6.14. The minimum atomic E-state index is 1.09. The van der Waals surface area contributed by atoms with E-state index in [0.717, 1.165) is 11.0 Å². The molecule has 0 unspecified atom stereocenters. The molecule has 0 aliphatic carbocycles. The number of nitrogens with zero attached hydrogens (tertiary/aromatic N) is 2. The predicted octanol–water partition coefficient (Wildman–Crippen LogP) is 1.97. The number of aromatic nitrogens is 1. The van der Waals surface area contributed by atoms with E-state index in [-0.39, 0.29) is 0 Å². The van der Waals surface area contributed by atoms with E-state index in [0.29, 0.717) is 0 Å². The van der Waals surface area contributed by atoms with Crippen LogP contribution in [0.4, 0.5) is 0 Å². The molecule has 2 heterocycles. The summed E-state index contributed by atoms with van der Waals surface area (Å²) >= 11 is 1.88. The minimum absolute atomic E-state index is 1.09. The van der Waals surface area contributed by atoms with E-state index in [9.17, 15) is 0 Å². The predicted molar refractivity (Wildman–Crippen MR) is 55.9 cm³/mol. The van der Waals surface area contributed by atoms with Gasteiger partial charge in [0, 0.05) is 11.3 Å². The Morgan fingerprint density at radius 3 is 2.92 bits per heavy atom. The van der Waals surface area contributed by atoms with Crippen molar-refractivity contribution in [1.29, 1.82) is 0 Å². The molecule has 0 fully saturated rings. The Morgan fingerprint density at radius 2 is 2.15 bits per heavy atom. The molecule has 0 radical (unpaired) electrons. The second kappa shape index (κ2) is 3.07. The fourth-order valence-corrected chi connectivity index (χ4v) is 2.97. The highest BCUT2D eigenvalue weighted by atomic mass is 32.1. The number of rotatable bonds is 0. The van der Waals surface area contributed by atoms with Crippen LogP contribution in [0.3, 0.4) is 0 Å². The Bertz CT molecular complexity index is 315. The summed E-state index contributed by atoms with van der Waals surface area (Å²) < 4.78 is 1.09. The first-order chi connectivity index (χ1) is 6.07. The highest BCUT2D eigenvalue weighted by Gasteiger charge is 2.24. The lowest BCUT2D eigenvalue weighted by atomic mass is 10.2. The van der Waals surface area contributed by atoms with Crippen LogP contribution in [-0.2, 0) is 13.0 Å². The van der Waals surface area contributed by atoms with Crippen molar-refractivity contribution >= 4 is 11.3 Å². The van der Waals surface area contributed by atoms with Crippen LogP contribution < -0.4 is 0 Å². The van der Waals surface area contributed by atoms with Gasteiger partial charge in [0.05, 0.1) is 25.6 Å². The second-order valence-electron chi connectivity index (χ2n) is 4.52. The normalized spacial score (nSPS) is 20.8. The van der Waals surface area contributed by atoms with Crippen molar-refractivity contribution in [2.75, 3.05) is 20.6 Å². The standard InChI is InChI=1S/C10H17N2S/c1-8-11-9-7-12(2,3)6-4-5-10(9)13-8/h4-7H2,1-3H3/q+1. The zero-order chi connectivity index (χ0) is 9.47. The number of fused-ring (bicyclic) bond motifs is 1. The van der Waals surface area contributed by atoms with E-state index in [1.165, 1.54) is 35.0 Å². The van der Waals surface area contributed by atoms with Crippen molar-refractivity contribution in [3.63, 3.8) is 0 Å². The van der Waals surface area contributed by atoms with E-state index in [1.54, 1.807) is 0 Å². The summed E-state index contributed by atoms with van der Waals surface area (Å²) in [5, 5.41) is 1.23. The average molecular weight is 197 g/mol. The summed E-state index contributed by atoms with van der Waals surface area (Å²) in [7, 11) is 4.59. The van der Waals surface area contributed by atoms with Crippen LogP contribution in [0.15, 0.2) is 0 Å². The smallest absolute Gasteiger partial charge is 0.122 e. The molecule has 0 atom stereocenters. The van der Waals surface area contributed by atoms with Gasteiger partial charge in [-0.1, -0.05) is 0 Å². The molecule has 2 nitrogen and oxygen atoms in total. The van der Waals surface area contributed by atoms with Gasteiger partial charge < -0.3 is 4.48 Å². The number of hydrogen-bond acceptors (Lipinski definition) is 2. The molecule has 0 saturated heterocycles. The van der Waals surface area contributed by atoms with Crippen molar-refractivity contribution in [2.45, 2.75) is 26.3 Å². The van der Waals surface area contributed by atoms with Gasteiger partial charge in [-0.3, -0.25) is 0 Å². The first-order valence-electron chi connectivity index (χ1n) is 4.84. The van der Waals surface area contributed by atoms with Crippen molar-refractivity contribution in [2.24, 2.45) is 0 Å². The lowest BCUT2D eigenvalue weighted by molar-refractivity contribution is -0.903. The quantitative estimate of drug-likeness (QED) is 0.580. The molecule has 0 aromatic carbocycles. The minimum Gasteiger partial charge on any atom is -0.323 e. The third-order valence-electron chi connectivity index (χ3n) is 2.63. The van der Waals surface area contributed by atoms with Gasteiger partial charge in [0.1, 0.15) is 12.2 Å². The summed E-state index contributed by atoms with van der Waals surface area (Å²) in [6, 6.07) is 0. The Labute approximate surface area is 83.8 Å². The molecule has 0 bridgehead atoms. The average Bonchev–Trinajstić information content (AvgIpc) is 2.23. The molecule has 1 aliphatic rings. The Hall–Kier alpha value is -0.410. The van der Waals surface area contributed by atoms with Crippen molar-refractivity contribution < 1.29 is 4.48 Å². The zero-order valence-electron chi connectivity index (χ0n) is 8.63. The van der Waals surface area contributed by atoms with Crippen LogP contribution in [0.2, 0.25) is 0 Å². The molecule has 72 valence electrons. The zero-order valence-corrected chi connectivity index (χ0v) is 9.45. The maximum atomic E-state index is 4.61. The van der Waals surface area contributed by atoms with Gasteiger partial charge in [0.15, 0.2) is 0 Å². The lowest BCUT2D eigenvalue weighted by Crippen LogP contribution is -2.38. The van der Waals surface area contributed by atoms with Gasteiger partial charge in [-0.05, 0) is 13.3 Å². The van der Waals surface area contributed by atoms with E-state index in [2.05, 4.69) is 26.0 Å². The number of hydrogen-bond donors (Lipinski definition) is 0. The fourth-order valence-electron chi connectivity index (χ4n) is 1.98. The molecular weight excluding hydrogens is 180 g/mol. The molecular formula is C10H17N2S+. The molecule has 3 heteroatoms. The summed E-state index contributed by atoms with van der Waals surface area (Å²) in [6.07, 6.45) is 2.55. The molecule has 1 aliphatic heterocycles. The first kappa shape index (κ1) is 9.16. The van der Waals surface area contributed by atoms with Gasteiger partial charge in [0.2, 0.25) is 0 Å². The van der Waals surface area contributed by atoms with Crippen molar-refractivity contribution in [3.05, 3.63) is 15.6 Å². The van der Waals surface area contributed by atoms with Gasteiger partial charge in [-0.2, -0.15) is 0 Å². The fraction of sp³-hybridized carbons (Fsp3) is 0.700. The SMILES string of the molecule is Cc1nc2c(s1)CCC[N+](C)(C)C2. The lowest BCUT2D eigenvalue weighted by Gasteiger charge is -2.27. The molecule has 2 rings (SSSR count). The van der Waals surface area contributed by atoms with E-state index < -0.39 is 0 Å². The van der Waals surface area contributed by atoms with Crippen LogP contribution in [0.5, 0.6) is 0 Å². The van der Waals surface area contributed by atoms with Gasteiger partial charge in [0.25, 0.3) is 0 Å². The molecule has 13 heavy (non-hydrogen) atoms. The summed E-state index contributed by atoms with van der Waals surface area (Å²) in [6.45, 7) is 4.50. The molecule has 1 aromatic heterocycles. The van der Waals surface area contributed by atoms with E-state index in [4.69, 9.17) is 0 Å². The number of quaternary nitrogens is 1. The second-order valence-corrected chi connectivity index (χ2v) is 5.81. The maximum Gasteiger partial charge on any atom is 0.122 e. The highest BCUT2D eigenvalue weighted by molar-refractivity contribution is 7.11. The largest absolute Gasteiger partial charge is 0.323 e. The van der Waals surface area contributed by atoms with E-state index in [1.807, 2.05) is 11.3 Å². The van der Waals surface area contributed by atoms with Crippen molar-refractivity contribution in [3.8, 4) is 0 Å². The van der Waals surface area contributed by atoms with Crippen LogP contribution in [-0.4, -0.2) is 30.1 Å². The molecule has 0 amide bonds. The number of aryl methyl sites for hydroxylation is 2.